The molecule has 0 saturated heterocycles. The highest BCUT2D eigenvalue weighted by Crippen LogP contribution is 2.23. The van der Waals surface area contributed by atoms with E-state index in [1.165, 1.54) is 11.1 Å². The molecule has 0 spiro atoms. The van der Waals surface area contributed by atoms with Crippen molar-refractivity contribution in [3.63, 3.8) is 0 Å². The van der Waals surface area contributed by atoms with Crippen molar-refractivity contribution in [3.05, 3.63) is 83.2 Å². The number of aromatic nitrogens is 4. The number of rotatable bonds is 4. The fourth-order valence-electron chi connectivity index (χ4n) is 3.27. The fourth-order valence-corrected chi connectivity index (χ4v) is 3.27. The predicted octanol–water partition coefficient (Wildman–Crippen LogP) is 2.96. The second-order valence-corrected chi connectivity index (χ2v) is 6.68. The van der Waals surface area contributed by atoms with Crippen molar-refractivity contribution in [2.75, 3.05) is 13.1 Å². The van der Waals surface area contributed by atoms with E-state index in [-0.39, 0.29) is 5.91 Å². The minimum absolute atomic E-state index is 0.0727. The summed E-state index contributed by atoms with van der Waals surface area (Å²) >= 11 is 0. The van der Waals surface area contributed by atoms with Crippen LogP contribution in [-0.4, -0.2) is 44.1 Å². The SMILES string of the molecule is Cc1nnnn1Cc1ccc(C(=O)N2CC=C(c3ccccc3)CC2)cc1. The van der Waals surface area contributed by atoms with E-state index in [1.54, 1.807) is 4.68 Å². The van der Waals surface area contributed by atoms with Crippen molar-refractivity contribution in [3.8, 4) is 0 Å². The van der Waals surface area contributed by atoms with Crippen molar-refractivity contribution in [1.29, 1.82) is 0 Å². The molecule has 0 radical (unpaired) electrons. The van der Waals surface area contributed by atoms with Gasteiger partial charge in [-0.15, -0.1) is 5.10 Å². The Morgan fingerprint density at radius 1 is 1.07 bits per heavy atom. The van der Waals surface area contributed by atoms with Gasteiger partial charge in [-0.25, -0.2) is 4.68 Å². The average Bonchev–Trinajstić information content (AvgIpc) is 3.13. The standard InChI is InChI=1S/C21H21N5O/c1-16-22-23-24-26(16)15-17-7-9-20(10-8-17)21(27)25-13-11-19(12-14-25)18-5-3-2-4-6-18/h2-11H,12-15H2,1H3. The topological polar surface area (TPSA) is 63.9 Å². The molecule has 27 heavy (non-hydrogen) atoms. The van der Waals surface area contributed by atoms with Gasteiger partial charge in [0, 0.05) is 18.7 Å². The van der Waals surface area contributed by atoms with Crippen LogP contribution in [0.25, 0.3) is 5.57 Å². The van der Waals surface area contributed by atoms with Crippen molar-refractivity contribution in [2.45, 2.75) is 19.9 Å². The van der Waals surface area contributed by atoms with Crippen molar-refractivity contribution in [1.82, 2.24) is 25.1 Å². The number of aryl methyl sites for hydroxylation is 1. The summed E-state index contributed by atoms with van der Waals surface area (Å²) < 4.78 is 1.73. The summed E-state index contributed by atoms with van der Waals surface area (Å²) in [5.41, 5.74) is 4.33. The normalized spacial score (nSPS) is 14.1. The maximum atomic E-state index is 12.8. The maximum Gasteiger partial charge on any atom is 0.254 e. The second-order valence-electron chi connectivity index (χ2n) is 6.68. The van der Waals surface area contributed by atoms with Crippen LogP contribution in [0, 0.1) is 6.92 Å². The quantitative estimate of drug-likeness (QED) is 0.718. The first-order chi connectivity index (χ1) is 13.2. The van der Waals surface area contributed by atoms with E-state index in [0.717, 1.165) is 24.4 Å². The number of nitrogens with zero attached hydrogens (tertiary/aromatic N) is 5. The third-order valence-corrected chi connectivity index (χ3v) is 4.89. The van der Waals surface area contributed by atoms with Gasteiger partial charge in [0.15, 0.2) is 0 Å². The van der Waals surface area contributed by atoms with E-state index < -0.39 is 0 Å². The molecule has 1 aliphatic heterocycles. The summed E-state index contributed by atoms with van der Waals surface area (Å²) in [5, 5.41) is 11.5. The van der Waals surface area contributed by atoms with Crippen LogP contribution in [0.3, 0.4) is 0 Å². The van der Waals surface area contributed by atoms with Crippen LogP contribution >= 0.6 is 0 Å². The molecule has 2 heterocycles. The number of benzene rings is 2. The summed E-state index contributed by atoms with van der Waals surface area (Å²) in [4.78, 5) is 14.7. The summed E-state index contributed by atoms with van der Waals surface area (Å²) in [6, 6.07) is 18.0. The van der Waals surface area contributed by atoms with Crippen LogP contribution in [-0.2, 0) is 6.54 Å². The molecule has 0 aliphatic carbocycles. The van der Waals surface area contributed by atoms with E-state index in [0.29, 0.717) is 18.7 Å². The Morgan fingerprint density at radius 3 is 2.48 bits per heavy atom. The summed E-state index contributed by atoms with van der Waals surface area (Å²) in [7, 11) is 0. The number of carbonyl (C=O) groups is 1. The predicted molar refractivity (Wildman–Crippen MR) is 103 cm³/mol. The largest absolute Gasteiger partial charge is 0.335 e. The Balaban J connectivity index is 1.41. The molecule has 1 amide bonds. The van der Waals surface area contributed by atoms with Crippen molar-refractivity contribution < 1.29 is 4.79 Å². The van der Waals surface area contributed by atoms with Gasteiger partial charge in [-0.05, 0) is 52.6 Å². The van der Waals surface area contributed by atoms with Gasteiger partial charge in [-0.3, -0.25) is 4.79 Å². The van der Waals surface area contributed by atoms with E-state index in [4.69, 9.17) is 0 Å². The number of carbonyl (C=O) groups excluding carboxylic acids is 1. The number of hydrogen-bond donors (Lipinski definition) is 0. The van der Waals surface area contributed by atoms with Crippen LogP contribution in [0.1, 0.15) is 33.7 Å². The zero-order chi connectivity index (χ0) is 18.6. The van der Waals surface area contributed by atoms with Gasteiger partial charge >= 0.3 is 0 Å². The Morgan fingerprint density at radius 2 is 1.85 bits per heavy atom. The van der Waals surface area contributed by atoms with Gasteiger partial charge in [0.25, 0.3) is 5.91 Å². The Kier molecular flexibility index (Phi) is 4.78. The minimum atomic E-state index is 0.0727. The molecular formula is C21H21N5O. The molecule has 3 aromatic rings. The molecule has 6 nitrogen and oxygen atoms in total. The smallest absolute Gasteiger partial charge is 0.254 e. The van der Waals surface area contributed by atoms with E-state index in [1.807, 2.05) is 54.3 Å². The molecule has 1 aliphatic rings. The highest BCUT2D eigenvalue weighted by Gasteiger charge is 2.19. The lowest BCUT2D eigenvalue weighted by Gasteiger charge is -2.27. The molecule has 0 atom stereocenters. The molecule has 2 aromatic carbocycles. The number of amides is 1. The number of tetrazole rings is 1. The summed E-state index contributed by atoms with van der Waals surface area (Å²) in [5.74, 6) is 0.841. The van der Waals surface area contributed by atoms with Crippen molar-refractivity contribution in [2.24, 2.45) is 0 Å². The highest BCUT2D eigenvalue weighted by atomic mass is 16.2. The Bertz CT molecular complexity index is 960. The molecule has 4 rings (SSSR count). The molecule has 0 N–H and O–H groups in total. The molecule has 136 valence electrons. The zero-order valence-corrected chi connectivity index (χ0v) is 15.2. The third kappa shape index (κ3) is 3.79. The second kappa shape index (κ2) is 7.53. The zero-order valence-electron chi connectivity index (χ0n) is 15.2. The lowest BCUT2D eigenvalue weighted by molar-refractivity contribution is 0.0773. The molecule has 1 aromatic heterocycles. The van der Waals surface area contributed by atoms with E-state index in [2.05, 4.69) is 33.7 Å². The van der Waals surface area contributed by atoms with Gasteiger partial charge < -0.3 is 4.90 Å². The van der Waals surface area contributed by atoms with Crippen LogP contribution in [0.4, 0.5) is 0 Å². The molecule has 0 saturated carbocycles. The maximum absolute atomic E-state index is 12.8. The van der Waals surface area contributed by atoms with Gasteiger partial charge in [0.1, 0.15) is 5.82 Å². The fraction of sp³-hybridized carbons (Fsp3) is 0.238. The van der Waals surface area contributed by atoms with Crippen LogP contribution < -0.4 is 0 Å². The lowest BCUT2D eigenvalue weighted by atomic mass is 9.99. The van der Waals surface area contributed by atoms with Crippen LogP contribution in [0.2, 0.25) is 0 Å². The molecule has 6 heteroatoms. The summed E-state index contributed by atoms with van der Waals surface area (Å²) in [6.45, 7) is 3.85. The first kappa shape index (κ1) is 17.1. The number of hydrogen-bond acceptors (Lipinski definition) is 4. The molecular weight excluding hydrogens is 338 g/mol. The first-order valence-corrected chi connectivity index (χ1v) is 9.06. The van der Waals surface area contributed by atoms with Gasteiger partial charge in [0.05, 0.1) is 6.54 Å². The monoisotopic (exact) mass is 359 g/mol. The molecule has 0 bridgehead atoms. The van der Waals surface area contributed by atoms with Crippen LogP contribution in [0.5, 0.6) is 0 Å². The van der Waals surface area contributed by atoms with Gasteiger partial charge in [-0.2, -0.15) is 0 Å². The third-order valence-electron chi connectivity index (χ3n) is 4.89. The lowest BCUT2D eigenvalue weighted by Crippen LogP contribution is -2.34. The minimum Gasteiger partial charge on any atom is -0.335 e. The summed E-state index contributed by atoms with van der Waals surface area (Å²) in [6.07, 6.45) is 3.04. The van der Waals surface area contributed by atoms with Crippen LogP contribution in [0.15, 0.2) is 60.7 Å². The van der Waals surface area contributed by atoms with Gasteiger partial charge in [-0.1, -0.05) is 48.5 Å². The highest BCUT2D eigenvalue weighted by molar-refractivity contribution is 5.94. The van der Waals surface area contributed by atoms with E-state index >= 15 is 0 Å². The average molecular weight is 359 g/mol. The Labute approximate surface area is 158 Å². The Hall–Kier alpha value is -3.28. The van der Waals surface area contributed by atoms with E-state index in [9.17, 15) is 4.79 Å². The van der Waals surface area contributed by atoms with Gasteiger partial charge in [0.2, 0.25) is 0 Å². The van der Waals surface area contributed by atoms with Crippen molar-refractivity contribution >= 4 is 11.5 Å². The molecule has 0 fully saturated rings. The first-order valence-electron chi connectivity index (χ1n) is 9.06. The molecule has 0 unspecified atom stereocenters.